The predicted molar refractivity (Wildman–Crippen MR) is 113 cm³/mol. The molecule has 3 aromatic rings. The van der Waals surface area contributed by atoms with Crippen molar-refractivity contribution < 1.29 is 27.6 Å². The lowest BCUT2D eigenvalue weighted by atomic mass is 10.1. The first-order chi connectivity index (χ1) is 15.1. The molecule has 0 atom stereocenters. The van der Waals surface area contributed by atoms with Crippen molar-refractivity contribution in [1.82, 2.24) is 0 Å². The van der Waals surface area contributed by atoms with Crippen LogP contribution in [0.2, 0.25) is 5.02 Å². The Balaban J connectivity index is 1.55. The van der Waals surface area contributed by atoms with Crippen LogP contribution in [0.25, 0.3) is 0 Å². The molecule has 0 fully saturated rings. The summed E-state index contributed by atoms with van der Waals surface area (Å²) in [5, 5.41) is 2.93. The van der Waals surface area contributed by atoms with Crippen LogP contribution in [0.4, 0.5) is 24.5 Å². The summed E-state index contributed by atoms with van der Waals surface area (Å²) in [6.07, 6.45) is -4.49. The molecule has 9 heteroatoms. The van der Waals surface area contributed by atoms with Crippen molar-refractivity contribution in [3.63, 3.8) is 0 Å². The van der Waals surface area contributed by atoms with Crippen LogP contribution in [0, 0.1) is 6.92 Å². The highest BCUT2D eigenvalue weighted by Gasteiger charge is 2.37. The lowest BCUT2D eigenvalue weighted by Gasteiger charge is -2.17. The molecule has 162 valence electrons. The predicted octanol–water partition coefficient (Wildman–Crippen LogP) is 5.72. The second kappa shape index (κ2) is 7.80. The van der Waals surface area contributed by atoms with Gasteiger partial charge in [0.1, 0.15) is 0 Å². The van der Waals surface area contributed by atoms with Gasteiger partial charge < -0.3 is 5.32 Å². The normalized spacial score (nSPS) is 13.3. The Bertz CT molecular complexity index is 1270. The maximum absolute atomic E-state index is 12.8. The lowest BCUT2D eigenvalue weighted by molar-refractivity contribution is -0.137. The van der Waals surface area contributed by atoms with Crippen molar-refractivity contribution >= 4 is 40.7 Å². The van der Waals surface area contributed by atoms with Crippen LogP contribution < -0.4 is 10.2 Å². The van der Waals surface area contributed by atoms with E-state index in [0.29, 0.717) is 22.0 Å². The third-order valence-electron chi connectivity index (χ3n) is 5.02. The van der Waals surface area contributed by atoms with Gasteiger partial charge in [-0.2, -0.15) is 13.2 Å². The number of nitrogens with zero attached hydrogens (tertiary/aromatic N) is 1. The first-order valence-electron chi connectivity index (χ1n) is 9.34. The Morgan fingerprint density at radius 2 is 1.56 bits per heavy atom. The van der Waals surface area contributed by atoms with Gasteiger partial charge in [0.25, 0.3) is 17.7 Å². The van der Waals surface area contributed by atoms with Gasteiger partial charge in [-0.25, -0.2) is 4.90 Å². The van der Waals surface area contributed by atoms with Gasteiger partial charge in [-0.15, -0.1) is 0 Å². The zero-order valence-corrected chi connectivity index (χ0v) is 17.2. The number of hydrogen-bond donors (Lipinski definition) is 1. The minimum Gasteiger partial charge on any atom is -0.322 e. The summed E-state index contributed by atoms with van der Waals surface area (Å²) in [5.41, 5.74) is 0.903. The number of hydrogen-bond acceptors (Lipinski definition) is 3. The van der Waals surface area contributed by atoms with Crippen molar-refractivity contribution in [3.8, 4) is 0 Å². The number of rotatable bonds is 3. The number of alkyl halides is 3. The minimum absolute atomic E-state index is 0.0527. The lowest BCUT2D eigenvalue weighted by Crippen LogP contribution is -2.30. The molecule has 5 nitrogen and oxygen atoms in total. The SMILES string of the molecule is Cc1cc(NC(=O)c2ccc(C(F)(F)F)cc2)ccc1N1C(=O)c2ccc(Cl)cc2C1=O. The molecule has 1 N–H and O–H groups in total. The third-order valence-corrected chi connectivity index (χ3v) is 5.25. The Morgan fingerprint density at radius 3 is 2.19 bits per heavy atom. The minimum atomic E-state index is -4.49. The highest BCUT2D eigenvalue weighted by Crippen LogP contribution is 2.33. The molecule has 0 saturated carbocycles. The van der Waals surface area contributed by atoms with E-state index in [-0.39, 0.29) is 16.7 Å². The van der Waals surface area contributed by atoms with Crippen LogP contribution in [-0.2, 0) is 6.18 Å². The fourth-order valence-corrected chi connectivity index (χ4v) is 3.60. The fraction of sp³-hybridized carbons (Fsp3) is 0.0870. The van der Waals surface area contributed by atoms with E-state index in [9.17, 15) is 27.6 Å². The van der Waals surface area contributed by atoms with Crippen LogP contribution in [0.1, 0.15) is 42.2 Å². The summed E-state index contributed by atoms with van der Waals surface area (Å²) >= 11 is 5.93. The second-order valence-corrected chi connectivity index (χ2v) is 7.60. The Kier molecular flexibility index (Phi) is 5.26. The second-order valence-electron chi connectivity index (χ2n) is 7.17. The van der Waals surface area contributed by atoms with Gasteiger partial charge in [0.05, 0.1) is 22.4 Å². The summed E-state index contributed by atoms with van der Waals surface area (Å²) in [4.78, 5) is 38.9. The maximum Gasteiger partial charge on any atom is 0.416 e. The van der Waals surface area contributed by atoms with Crippen LogP contribution in [0.15, 0.2) is 60.7 Å². The molecule has 0 aromatic heterocycles. The third kappa shape index (κ3) is 3.85. The van der Waals surface area contributed by atoms with E-state index in [1.165, 1.54) is 30.3 Å². The molecular formula is C23H14ClF3N2O3. The number of carbonyl (C=O) groups excluding carboxylic acids is 3. The zero-order valence-electron chi connectivity index (χ0n) is 16.5. The smallest absolute Gasteiger partial charge is 0.322 e. The van der Waals surface area contributed by atoms with E-state index in [4.69, 9.17) is 11.6 Å². The molecule has 0 bridgehead atoms. The number of carbonyl (C=O) groups is 3. The molecule has 4 rings (SSSR count). The number of fused-ring (bicyclic) bond motifs is 1. The number of imide groups is 1. The van der Waals surface area contributed by atoms with Crippen LogP contribution in [0.5, 0.6) is 0 Å². The van der Waals surface area contributed by atoms with Crippen molar-refractivity contribution in [2.45, 2.75) is 13.1 Å². The van der Waals surface area contributed by atoms with Crippen molar-refractivity contribution in [2.75, 3.05) is 10.2 Å². The maximum atomic E-state index is 12.8. The van der Waals surface area contributed by atoms with Crippen LogP contribution >= 0.6 is 11.6 Å². The number of amides is 3. The molecule has 1 aliphatic rings. The van der Waals surface area contributed by atoms with Crippen molar-refractivity contribution in [2.24, 2.45) is 0 Å². The summed E-state index contributed by atoms with van der Waals surface area (Å²) < 4.78 is 38.0. The fourth-order valence-electron chi connectivity index (χ4n) is 3.43. The molecule has 1 heterocycles. The first kappa shape index (κ1) is 21.6. The van der Waals surface area contributed by atoms with E-state index in [0.717, 1.165) is 29.2 Å². The average molecular weight is 459 g/mol. The number of benzene rings is 3. The van der Waals surface area contributed by atoms with E-state index < -0.39 is 29.5 Å². The molecule has 3 aromatic carbocycles. The Hall–Kier alpha value is -3.65. The molecular weight excluding hydrogens is 445 g/mol. The largest absolute Gasteiger partial charge is 0.416 e. The number of aryl methyl sites for hydroxylation is 1. The molecule has 3 amide bonds. The summed E-state index contributed by atoms with van der Waals surface area (Å²) in [6, 6.07) is 12.9. The van der Waals surface area contributed by atoms with Gasteiger partial charge in [-0.3, -0.25) is 14.4 Å². The summed E-state index contributed by atoms with van der Waals surface area (Å²) in [6.45, 7) is 1.67. The Labute approximate surface area is 185 Å². The number of halogens is 4. The molecule has 32 heavy (non-hydrogen) atoms. The number of anilines is 2. The van der Waals surface area contributed by atoms with E-state index >= 15 is 0 Å². The molecule has 0 aliphatic carbocycles. The van der Waals surface area contributed by atoms with E-state index in [1.54, 1.807) is 13.0 Å². The zero-order chi connectivity index (χ0) is 23.2. The van der Waals surface area contributed by atoms with Gasteiger partial charge in [0.15, 0.2) is 0 Å². The van der Waals surface area contributed by atoms with Gasteiger partial charge in [-0.05, 0) is 73.2 Å². The van der Waals surface area contributed by atoms with Gasteiger partial charge >= 0.3 is 6.18 Å². The molecule has 0 radical (unpaired) electrons. The van der Waals surface area contributed by atoms with E-state index in [2.05, 4.69) is 5.32 Å². The van der Waals surface area contributed by atoms with Gasteiger partial charge in [-0.1, -0.05) is 11.6 Å². The van der Waals surface area contributed by atoms with Crippen LogP contribution in [0.3, 0.4) is 0 Å². The number of nitrogens with one attached hydrogen (secondary N) is 1. The topological polar surface area (TPSA) is 66.5 Å². The summed E-state index contributed by atoms with van der Waals surface area (Å²) in [5.74, 6) is -1.58. The first-order valence-corrected chi connectivity index (χ1v) is 9.71. The monoisotopic (exact) mass is 458 g/mol. The quantitative estimate of drug-likeness (QED) is 0.510. The highest BCUT2D eigenvalue weighted by molar-refractivity contribution is 6.37. The molecule has 0 unspecified atom stereocenters. The average Bonchev–Trinajstić information content (AvgIpc) is 2.97. The molecule has 0 spiro atoms. The van der Waals surface area contributed by atoms with E-state index in [1.807, 2.05) is 0 Å². The Morgan fingerprint density at radius 1 is 0.906 bits per heavy atom. The van der Waals surface area contributed by atoms with Crippen molar-refractivity contribution in [3.05, 3.63) is 93.5 Å². The van der Waals surface area contributed by atoms with Crippen LogP contribution in [-0.4, -0.2) is 17.7 Å². The molecule has 1 aliphatic heterocycles. The standard InChI is InChI=1S/C23H14ClF3N2O3/c1-12-10-16(28-20(30)13-2-4-14(5-3-13)23(25,26)27)7-9-19(12)29-21(31)17-8-6-15(24)11-18(17)22(29)32/h2-11H,1H3,(H,28,30). The van der Waals surface area contributed by atoms with Crippen molar-refractivity contribution in [1.29, 1.82) is 0 Å². The molecule has 0 saturated heterocycles. The highest BCUT2D eigenvalue weighted by atomic mass is 35.5. The summed E-state index contributed by atoms with van der Waals surface area (Å²) in [7, 11) is 0. The van der Waals surface area contributed by atoms with Gasteiger partial charge in [0.2, 0.25) is 0 Å². The van der Waals surface area contributed by atoms with Gasteiger partial charge in [0, 0.05) is 16.3 Å².